The molecule has 0 spiro atoms. The highest BCUT2D eigenvalue weighted by atomic mass is 35.5. The summed E-state index contributed by atoms with van der Waals surface area (Å²) < 4.78 is 0. The average Bonchev–Trinajstić information content (AvgIpc) is 2.96. The molecule has 0 saturated carbocycles. The van der Waals surface area contributed by atoms with E-state index in [9.17, 15) is 9.59 Å². The third-order valence-corrected chi connectivity index (χ3v) is 7.80. The first-order valence-electron chi connectivity index (χ1n) is 10.1. The summed E-state index contributed by atoms with van der Waals surface area (Å²) >= 11 is 13.8. The maximum absolute atomic E-state index is 13.0. The predicted octanol–water partition coefficient (Wildman–Crippen LogP) is 6.95. The molecule has 1 atom stereocenters. The second kappa shape index (κ2) is 8.19. The smallest absolute Gasteiger partial charge is 0.293 e. The number of carbonyl (C=O) groups excluding carboxylic acids is 2. The molecule has 4 rings (SSSR count). The van der Waals surface area contributed by atoms with Crippen LogP contribution in [-0.4, -0.2) is 28.6 Å². The highest BCUT2D eigenvalue weighted by Crippen LogP contribution is 2.45. The number of amides is 2. The molecule has 0 bridgehead atoms. The lowest BCUT2D eigenvalue weighted by Gasteiger charge is -2.45. The molecule has 0 radical (unpaired) electrons. The Hall–Kier alpha value is -1.95. The number of nitrogens with zero attached hydrogens (tertiary/aromatic N) is 2. The van der Waals surface area contributed by atoms with Crippen LogP contribution in [0.15, 0.2) is 41.3 Å². The van der Waals surface area contributed by atoms with Gasteiger partial charge in [-0.15, -0.1) is 0 Å². The van der Waals surface area contributed by atoms with Gasteiger partial charge in [0.25, 0.3) is 11.1 Å². The molecular formula is C24H24Cl2N2O2S. The molecule has 162 valence electrons. The Morgan fingerprint density at radius 1 is 1.16 bits per heavy atom. The van der Waals surface area contributed by atoms with E-state index >= 15 is 0 Å². The van der Waals surface area contributed by atoms with E-state index in [-0.39, 0.29) is 23.2 Å². The van der Waals surface area contributed by atoms with Gasteiger partial charge in [-0.1, -0.05) is 48.3 Å². The van der Waals surface area contributed by atoms with Crippen molar-refractivity contribution < 1.29 is 9.59 Å². The van der Waals surface area contributed by atoms with Crippen LogP contribution in [0, 0.1) is 0 Å². The zero-order valence-electron chi connectivity index (χ0n) is 17.9. The van der Waals surface area contributed by atoms with Crippen LogP contribution in [0.1, 0.15) is 49.8 Å². The summed E-state index contributed by atoms with van der Waals surface area (Å²) in [5, 5.41) is 0.790. The Bertz CT molecular complexity index is 1110. The molecule has 0 N–H and O–H groups in total. The van der Waals surface area contributed by atoms with E-state index in [0.717, 1.165) is 35.0 Å². The summed E-state index contributed by atoms with van der Waals surface area (Å²) in [4.78, 5) is 29.3. The molecule has 1 saturated heterocycles. The number of imide groups is 1. The van der Waals surface area contributed by atoms with Crippen molar-refractivity contribution in [3.8, 4) is 0 Å². The van der Waals surface area contributed by atoms with E-state index < -0.39 is 0 Å². The highest BCUT2D eigenvalue weighted by molar-refractivity contribution is 8.18. The number of rotatable bonds is 3. The Morgan fingerprint density at radius 2 is 1.87 bits per heavy atom. The van der Waals surface area contributed by atoms with E-state index in [1.54, 1.807) is 12.1 Å². The van der Waals surface area contributed by atoms with Crippen LogP contribution in [0.4, 0.5) is 10.5 Å². The number of halogens is 2. The van der Waals surface area contributed by atoms with Crippen molar-refractivity contribution in [2.24, 2.45) is 0 Å². The monoisotopic (exact) mass is 474 g/mol. The molecule has 4 nitrogen and oxygen atoms in total. The van der Waals surface area contributed by atoms with Crippen molar-refractivity contribution in [1.82, 2.24) is 4.90 Å². The maximum atomic E-state index is 13.0. The van der Waals surface area contributed by atoms with Crippen LogP contribution in [0.3, 0.4) is 0 Å². The van der Waals surface area contributed by atoms with Crippen LogP contribution in [0.25, 0.3) is 6.08 Å². The van der Waals surface area contributed by atoms with Crippen molar-refractivity contribution >= 4 is 57.9 Å². The fourth-order valence-electron chi connectivity index (χ4n) is 4.29. The summed E-state index contributed by atoms with van der Waals surface area (Å²) in [6.45, 7) is 6.81. The minimum absolute atomic E-state index is 0.0403. The van der Waals surface area contributed by atoms with Gasteiger partial charge in [-0.05, 0) is 78.9 Å². The van der Waals surface area contributed by atoms with Crippen molar-refractivity contribution in [2.75, 3.05) is 11.9 Å². The van der Waals surface area contributed by atoms with Crippen molar-refractivity contribution in [3.63, 3.8) is 0 Å². The molecular weight excluding hydrogens is 451 g/mol. The lowest BCUT2D eigenvalue weighted by Crippen LogP contribution is -2.45. The Balaban J connectivity index is 1.65. The van der Waals surface area contributed by atoms with E-state index in [1.807, 2.05) is 24.3 Å². The molecule has 1 unspecified atom stereocenters. The summed E-state index contributed by atoms with van der Waals surface area (Å²) in [5.41, 5.74) is 3.84. The number of fused-ring (bicyclic) bond motifs is 1. The molecule has 1 fully saturated rings. The number of hydrogen-bond acceptors (Lipinski definition) is 4. The second-order valence-corrected chi connectivity index (χ2v) is 10.6. The lowest BCUT2D eigenvalue weighted by atomic mass is 9.80. The number of thioether (sulfide) groups is 1. The number of anilines is 1. The molecule has 7 heteroatoms. The van der Waals surface area contributed by atoms with E-state index in [0.29, 0.717) is 20.9 Å². The van der Waals surface area contributed by atoms with Gasteiger partial charge >= 0.3 is 0 Å². The summed E-state index contributed by atoms with van der Waals surface area (Å²) in [5.74, 6) is 0.0379. The van der Waals surface area contributed by atoms with E-state index in [1.165, 1.54) is 10.5 Å². The molecule has 2 aliphatic heterocycles. The zero-order chi connectivity index (χ0) is 22.5. The van der Waals surface area contributed by atoms with Gasteiger partial charge in [0.1, 0.15) is 0 Å². The zero-order valence-corrected chi connectivity index (χ0v) is 20.2. The summed E-state index contributed by atoms with van der Waals surface area (Å²) in [6.07, 6.45) is 2.75. The average molecular weight is 475 g/mol. The standard InChI is InChI=1S/C24H24Cl2N2O2S/c1-14-12-24(2,3)27(4)20-11-19(26)16(9-17(14)20)10-21-22(29)28(23(30)31-21)13-15-7-5-6-8-18(15)25/h5-11,14H,12-13H2,1-4H3/b21-10-. The topological polar surface area (TPSA) is 40.6 Å². The first kappa shape index (κ1) is 22.3. The summed E-state index contributed by atoms with van der Waals surface area (Å²) in [6, 6.07) is 11.2. The Labute approximate surface area is 197 Å². The van der Waals surface area contributed by atoms with Crippen LogP contribution < -0.4 is 4.90 Å². The molecule has 2 aliphatic rings. The van der Waals surface area contributed by atoms with E-state index in [4.69, 9.17) is 23.2 Å². The van der Waals surface area contributed by atoms with E-state index in [2.05, 4.69) is 38.8 Å². The third-order valence-electron chi connectivity index (χ3n) is 6.20. The molecule has 2 aromatic rings. The SMILES string of the molecule is CC1CC(C)(C)N(C)c2cc(Cl)c(/C=C3\SC(=O)N(Cc4ccccc4Cl)C3=O)cc21. The maximum Gasteiger partial charge on any atom is 0.293 e. The Morgan fingerprint density at radius 3 is 2.58 bits per heavy atom. The van der Waals surface area contributed by atoms with Crippen LogP contribution in [0.2, 0.25) is 10.0 Å². The minimum atomic E-state index is -0.324. The fraction of sp³-hybridized carbons (Fsp3) is 0.333. The van der Waals surface area contributed by atoms with Crippen LogP contribution >= 0.6 is 35.0 Å². The lowest BCUT2D eigenvalue weighted by molar-refractivity contribution is -0.123. The fourth-order valence-corrected chi connectivity index (χ4v) is 5.53. The molecule has 0 aromatic heterocycles. The molecule has 0 aliphatic carbocycles. The van der Waals surface area contributed by atoms with Crippen LogP contribution in [-0.2, 0) is 11.3 Å². The van der Waals surface area contributed by atoms with Gasteiger partial charge in [0.05, 0.1) is 11.4 Å². The number of carbonyl (C=O) groups is 2. The third kappa shape index (κ3) is 4.11. The first-order valence-corrected chi connectivity index (χ1v) is 11.7. The van der Waals surface area contributed by atoms with Crippen molar-refractivity contribution in [3.05, 3.63) is 68.0 Å². The van der Waals surface area contributed by atoms with Gasteiger partial charge in [-0.2, -0.15) is 0 Å². The van der Waals surface area contributed by atoms with Gasteiger partial charge in [0.2, 0.25) is 0 Å². The van der Waals surface area contributed by atoms with Gasteiger partial charge in [-0.3, -0.25) is 14.5 Å². The number of benzene rings is 2. The highest BCUT2D eigenvalue weighted by Gasteiger charge is 2.37. The molecule has 31 heavy (non-hydrogen) atoms. The largest absolute Gasteiger partial charge is 0.369 e. The van der Waals surface area contributed by atoms with Gasteiger partial charge in [0, 0.05) is 28.3 Å². The first-order chi connectivity index (χ1) is 14.6. The second-order valence-electron chi connectivity index (χ2n) is 8.77. The molecule has 2 amide bonds. The van der Waals surface area contributed by atoms with Crippen molar-refractivity contribution in [2.45, 2.75) is 45.2 Å². The molecule has 2 heterocycles. The van der Waals surface area contributed by atoms with Gasteiger partial charge in [0.15, 0.2) is 0 Å². The Kier molecular flexibility index (Phi) is 5.88. The predicted molar refractivity (Wildman–Crippen MR) is 130 cm³/mol. The van der Waals surface area contributed by atoms with Gasteiger partial charge < -0.3 is 4.90 Å². The number of hydrogen-bond donors (Lipinski definition) is 0. The van der Waals surface area contributed by atoms with Crippen molar-refractivity contribution in [1.29, 1.82) is 0 Å². The van der Waals surface area contributed by atoms with Crippen LogP contribution in [0.5, 0.6) is 0 Å². The quantitative estimate of drug-likeness (QED) is 0.451. The minimum Gasteiger partial charge on any atom is -0.369 e. The normalized spacial score (nSPS) is 21.7. The summed E-state index contributed by atoms with van der Waals surface area (Å²) in [7, 11) is 2.08. The van der Waals surface area contributed by atoms with Gasteiger partial charge in [-0.25, -0.2) is 0 Å². The molecule has 2 aromatic carbocycles.